The van der Waals surface area contributed by atoms with Crippen molar-refractivity contribution in [2.75, 3.05) is 23.3 Å². The van der Waals surface area contributed by atoms with Crippen molar-refractivity contribution >= 4 is 23.2 Å². The molecule has 0 aromatic heterocycles. The number of carbonyl (C=O) groups is 2. The van der Waals surface area contributed by atoms with Crippen LogP contribution in [0.2, 0.25) is 0 Å². The number of benzene rings is 2. The molecule has 166 valence electrons. The van der Waals surface area contributed by atoms with Gasteiger partial charge in [0.1, 0.15) is 0 Å². The molecule has 0 aliphatic carbocycles. The van der Waals surface area contributed by atoms with Crippen LogP contribution >= 0.6 is 0 Å². The number of piperidine rings is 1. The second kappa shape index (κ2) is 10.5. The zero-order valence-corrected chi connectivity index (χ0v) is 19.2. The second-order valence-corrected chi connectivity index (χ2v) is 9.15. The lowest BCUT2D eigenvalue weighted by Gasteiger charge is -2.33. The van der Waals surface area contributed by atoms with Crippen LogP contribution < -0.4 is 15.5 Å². The van der Waals surface area contributed by atoms with Crippen LogP contribution in [0.1, 0.15) is 68.9 Å². The second-order valence-electron chi connectivity index (χ2n) is 9.15. The number of amides is 2. The van der Waals surface area contributed by atoms with Crippen molar-refractivity contribution in [2.45, 2.75) is 53.0 Å². The molecule has 1 unspecified atom stereocenters. The highest BCUT2D eigenvalue weighted by Crippen LogP contribution is 2.29. The smallest absolute Gasteiger partial charge is 0.253 e. The van der Waals surface area contributed by atoms with Crippen LogP contribution in [0.15, 0.2) is 48.5 Å². The SMILES string of the molecule is CC(C)CC(=O)Nc1ccc(N2CCC(C)CC2)c(C(=O)NC(C)c2ccccc2)c1. The fourth-order valence-corrected chi connectivity index (χ4v) is 4.00. The van der Waals surface area contributed by atoms with Gasteiger partial charge in [-0.2, -0.15) is 0 Å². The maximum absolute atomic E-state index is 13.3. The number of nitrogens with zero attached hydrogens (tertiary/aromatic N) is 1. The summed E-state index contributed by atoms with van der Waals surface area (Å²) in [6.45, 7) is 10.2. The number of hydrogen-bond acceptors (Lipinski definition) is 3. The van der Waals surface area contributed by atoms with Crippen LogP contribution in [0.5, 0.6) is 0 Å². The number of anilines is 2. The lowest BCUT2D eigenvalue weighted by molar-refractivity contribution is -0.116. The van der Waals surface area contributed by atoms with E-state index in [1.807, 2.05) is 69.3 Å². The highest BCUT2D eigenvalue weighted by molar-refractivity contribution is 6.02. The van der Waals surface area contributed by atoms with Gasteiger partial charge in [0.25, 0.3) is 5.91 Å². The van der Waals surface area contributed by atoms with Gasteiger partial charge in [0, 0.05) is 30.9 Å². The van der Waals surface area contributed by atoms with Gasteiger partial charge in [-0.05, 0) is 55.4 Å². The van der Waals surface area contributed by atoms with Gasteiger partial charge in [0.05, 0.1) is 11.6 Å². The van der Waals surface area contributed by atoms with Crippen molar-refractivity contribution in [3.8, 4) is 0 Å². The third-order valence-corrected chi connectivity index (χ3v) is 5.89. The Hall–Kier alpha value is -2.82. The summed E-state index contributed by atoms with van der Waals surface area (Å²) in [5.74, 6) is 0.842. The van der Waals surface area contributed by atoms with Gasteiger partial charge in [-0.15, -0.1) is 0 Å². The molecule has 2 aromatic carbocycles. The Morgan fingerprint density at radius 2 is 1.71 bits per heavy atom. The van der Waals surface area contributed by atoms with E-state index in [-0.39, 0.29) is 23.8 Å². The van der Waals surface area contributed by atoms with Gasteiger partial charge in [0.2, 0.25) is 5.91 Å². The quantitative estimate of drug-likeness (QED) is 0.629. The first-order valence-corrected chi connectivity index (χ1v) is 11.4. The minimum Gasteiger partial charge on any atom is -0.371 e. The summed E-state index contributed by atoms with van der Waals surface area (Å²) < 4.78 is 0. The summed E-state index contributed by atoms with van der Waals surface area (Å²) in [4.78, 5) is 27.9. The van der Waals surface area contributed by atoms with E-state index >= 15 is 0 Å². The van der Waals surface area contributed by atoms with Crippen LogP contribution in [0.4, 0.5) is 11.4 Å². The molecule has 0 spiro atoms. The molecular formula is C26H35N3O2. The first kappa shape index (κ1) is 22.9. The Labute approximate surface area is 186 Å². The van der Waals surface area contributed by atoms with Gasteiger partial charge < -0.3 is 15.5 Å². The summed E-state index contributed by atoms with van der Waals surface area (Å²) in [6, 6.07) is 15.5. The Kier molecular flexibility index (Phi) is 7.72. The molecule has 1 atom stereocenters. The van der Waals surface area contributed by atoms with Gasteiger partial charge >= 0.3 is 0 Å². The predicted octanol–water partition coefficient (Wildman–Crippen LogP) is 5.40. The largest absolute Gasteiger partial charge is 0.371 e. The average Bonchev–Trinajstić information content (AvgIpc) is 2.74. The summed E-state index contributed by atoms with van der Waals surface area (Å²) in [5.41, 5.74) is 3.27. The van der Waals surface area contributed by atoms with E-state index in [4.69, 9.17) is 0 Å². The average molecular weight is 422 g/mol. The van der Waals surface area contributed by atoms with E-state index in [0.717, 1.165) is 37.2 Å². The zero-order valence-electron chi connectivity index (χ0n) is 19.2. The van der Waals surface area contributed by atoms with Crippen LogP contribution in [0.25, 0.3) is 0 Å². The Bertz CT molecular complexity index is 887. The number of carbonyl (C=O) groups excluding carboxylic acids is 2. The van der Waals surface area contributed by atoms with Crippen LogP contribution in [-0.4, -0.2) is 24.9 Å². The summed E-state index contributed by atoms with van der Waals surface area (Å²) in [5, 5.41) is 6.09. The molecule has 31 heavy (non-hydrogen) atoms. The molecule has 5 nitrogen and oxygen atoms in total. The number of nitrogens with one attached hydrogen (secondary N) is 2. The molecule has 1 aliphatic heterocycles. The van der Waals surface area contributed by atoms with E-state index in [0.29, 0.717) is 23.6 Å². The fraction of sp³-hybridized carbons (Fsp3) is 0.462. The van der Waals surface area contributed by atoms with Crippen molar-refractivity contribution in [2.24, 2.45) is 11.8 Å². The van der Waals surface area contributed by atoms with E-state index in [9.17, 15) is 9.59 Å². The molecule has 2 aromatic rings. The highest BCUT2D eigenvalue weighted by Gasteiger charge is 2.23. The third-order valence-electron chi connectivity index (χ3n) is 5.89. The fourth-order valence-electron chi connectivity index (χ4n) is 4.00. The standard InChI is InChI=1S/C26H35N3O2/c1-18(2)16-25(30)28-22-10-11-24(29-14-12-19(3)13-15-29)23(17-22)26(31)27-20(4)21-8-6-5-7-9-21/h5-11,17-20H,12-16H2,1-4H3,(H,27,31)(H,28,30). The van der Waals surface area contributed by atoms with Gasteiger partial charge in [0.15, 0.2) is 0 Å². The van der Waals surface area contributed by atoms with Crippen LogP contribution in [-0.2, 0) is 4.79 Å². The minimum atomic E-state index is -0.120. The Morgan fingerprint density at radius 3 is 2.35 bits per heavy atom. The molecule has 0 bridgehead atoms. The van der Waals surface area contributed by atoms with Crippen LogP contribution in [0, 0.1) is 11.8 Å². The molecule has 0 radical (unpaired) electrons. The lowest BCUT2D eigenvalue weighted by atomic mass is 9.97. The normalized spacial score (nSPS) is 15.6. The molecule has 1 saturated heterocycles. The topological polar surface area (TPSA) is 61.4 Å². The maximum Gasteiger partial charge on any atom is 0.253 e. The number of hydrogen-bond donors (Lipinski definition) is 2. The molecule has 1 aliphatic rings. The molecule has 2 N–H and O–H groups in total. The van der Waals surface area contributed by atoms with E-state index in [2.05, 4.69) is 22.5 Å². The summed E-state index contributed by atoms with van der Waals surface area (Å²) in [7, 11) is 0. The molecule has 3 rings (SSSR count). The van der Waals surface area contributed by atoms with Crippen molar-refractivity contribution in [3.05, 3.63) is 59.7 Å². The Morgan fingerprint density at radius 1 is 1.03 bits per heavy atom. The van der Waals surface area contributed by atoms with Crippen molar-refractivity contribution in [1.29, 1.82) is 0 Å². The lowest BCUT2D eigenvalue weighted by Crippen LogP contribution is -2.35. The first-order valence-electron chi connectivity index (χ1n) is 11.4. The third kappa shape index (κ3) is 6.33. The van der Waals surface area contributed by atoms with Crippen molar-refractivity contribution in [1.82, 2.24) is 5.32 Å². The molecule has 2 amide bonds. The maximum atomic E-state index is 13.3. The highest BCUT2D eigenvalue weighted by atomic mass is 16.2. The summed E-state index contributed by atoms with van der Waals surface area (Å²) in [6.07, 6.45) is 2.70. The number of rotatable bonds is 7. The molecule has 1 heterocycles. The van der Waals surface area contributed by atoms with Crippen LogP contribution in [0.3, 0.4) is 0 Å². The molecular weight excluding hydrogens is 386 g/mol. The molecule has 5 heteroatoms. The molecule has 0 saturated carbocycles. The predicted molar refractivity (Wildman–Crippen MR) is 127 cm³/mol. The minimum absolute atomic E-state index is 0.0291. The van der Waals surface area contributed by atoms with E-state index in [1.165, 1.54) is 0 Å². The van der Waals surface area contributed by atoms with Gasteiger partial charge in [-0.25, -0.2) is 0 Å². The van der Waals surface area contributed by atoms with Crippen molar-refractivity contribution in [3.63, 3.8) is 0 Å². The van der Waals surface area contributed by atoms with E-state index < -0.39 is 0 Å². The first-order chi connectivity index (χ1) is 14.8. The van der Waals surface area contributed by atoms with Gasteiger partial charge in [-0.1, -0.05) is 51.1 Å². The molecule has 1 fully saturated rings. The van der Waals surface area contributed by atoms with E-state index in [1.54, 1.807) is 0 Å². The monoisotopic (exact) mass is 421 g/mol. The zero-order chi connectivity index (χ0) is 22.4. The van der Waals surface area contributed by atoms with Gasteiger partial charge in [-0.3, -0.25) is 9.59 Å². The summed E-state index contributed by atoms with van der Waals surface area (Å²) >= 11 is 0. The Balaban J connectivity index is 1.84. The van der Waals surface area contributed by atoms with Crippen molar-refractivity contribution < 1.29 is 9.59 Å².